The first-order chi connectivity index (χ1) is 13.8. The lowest BCUT2D eigenvalue weighted by Crippen LogP contribution is -2.34. The summed E-state index contributed by atoms with van der Waals surface area (Å²) in [6, 6.07) is 8.76. The minimum Gasteiger partial charge on any atom is -0.324 e. The summed E-state index contributed by atoms with van der Waals surface area (Å²) in [6.07, 6.45) is 7.08. The molecule has 3 aromatic rings. The Labute approximate surface area is 168 Å². The number of benzene rings is 1. The maximum absolute atomic E-state index is 12.3. The van der Waals surface area contributed by atoms with Crippen molar-refractivity contribution in [1.29, 1.82) is 0 Å². The first kappa shape index (κ1) is 20.0. The largest absolute Gasteiger partial charge is 0.324 e. The van der Waals surface area contributed by atoms with Crippen LogP contribution in [0.15, 0.2) is 41.3 Å². The number of nitrogens with one attached hydrogen (secondary N) is 1. The molecule has 148 valence electrons. The molecule has 0 aliphatic rings. The van der Waals surface area contributed by atoms with Crippen molar-refractivity contribution in [2.75, 3.05) is 37.9 Å². The van der Waals surface area contributed by atoms with Crippen LogP contribution in [-0.4, -0.2) is 53.0 Å². The van der Waals surface area contributed by atoms with E-state index in [-0.39, 0.29) is 11.5 Å². The highest BCUT2D eigenvalue weighted by Gasteiger charge is 2.13. The summed E-state index contributed by atoms with van der Waals surface area (Å²) in [4.78, 5) is 36.5. The summed E-state index contributed by atoms with van der Waals surface area (Å²) < 4.78 is 1.42. The van der Waals surface area contributed by atoms with Gasteiger partial charge in [-0.3, -0.25) is 14.2 Å². The number of carbonyl (C=O) groups is 1. The van der Waals surface area contributed by atoms with Gasteiger partial charge in [0.2, 0.25) is 11.9 Å². The average Bonchev–Trinajstić information content (AvgIpc) is 2.70. The van der Waals surface area contributed by atoms with Gasteiger partial charge in [-0.15, -0.1) is 6.42 Å². The zero-order chi connectivity index (χ0) is 21.1. The molecule has 8 heteroatoms. The second-order valence-corrected chi connectivity index (χ2v) is 6.90. The van der Waals surface area contributed by atoms with Gasteiger partial charge in [0.15, 0.2) is 0 Å². The van der Waals surface area contributed by atoms with E-state index in [4.69, 9.17) is 6.42 Å². The smallest absolute Gasteiger partial charge is 0.253 e. The van der Waals surface area contributed by atoms with Crippen molar-refractivity contribution < 1.29 is 4.79 Å². The first-order valence-electron chi connectivity index (χ1n) is 8.92. The molecular weight excluding hydrogens is 368 g/mol. The highest BCUT2D eigenvalue weighted by molar-refractivity contribution is 5.94. The highest BCUT2D eigenvalue weighted by Crippen LogP contribution is 2.22. The molecule has 0 bridgehead atoms. The van der Waals surface area contributed by atoms with E-state index >= 15 is 0 Å². The van der Waals surface area contributed by atoms with Gasteiger partial charge in [-0.1, -0.05) is 12.0 Å². The topological polar surface area (TPSA) is 83.4 Å². The van der Waals surface area contributed by atoms with Gasteiger partial charge >= 0.3 is 0 Å². The number of rotatable bonds is 5. The molecule has 0 saturated heterocycles. The van der Waals surface area contributed by atoms with Crippen LogP contribution in [0, 0.1) is 12.3 Å². The van der Waals surface area contributed by atoms with Gasteiger partial charge in [0, 0.05) is 43.3 Å². The van der Waals surface area contributed by atoms with E-state index in [2.05, 4.69) is 21.2 Å². The first-order valence-corrected chi connectivity index (χ1v) is 8.92. The summed E-state index contributed by atoms with van der Waals surface area (Å²) in [5.74, 6) is 2.79. The molecule has 1 amide bonds. The third-order valence-electron chi connectivity index (χ3n) is 4.45. The van der Waals surface area contributed by atoms with Gasteiger partial charge in [-0.2, -0.15) is 4.98 Å². The van der Waals surface area contributed by atoms with Gasteiger partial charge in [-0.25, -0.2) is 4.98 Å². The molecule has 0 aliphatic carbocycles. The number of carbonyl (C=O) groups excluding carboxylic acids is 1. The van der Waals surface area contributed by atoms with Crippen molar-refractivity contribution in [3.8, 4) is 12.3 Å². The maximum atomic E-state index is 12.3. The third-order valence-corrected chi connectivity index (χ3v) is 4.45. The molecule has 3 rings (SSSR count). The Balaban J connectivity index is 1.92. The van der Waals surface area contributed by atoms with Gasteiger partial charge in [0.25, 0.3) is 5.56 Å². The molecule has 0 fully saturated rings. The van der Waals surface area contributed by atoms with E-state index < -0.39 is 0 Å². The molecule has 0 unspecified atom stereocenters. The van der Waals surface area contributed by atoms with Crippen LogP contribution in [-0.2, 0) is 11.8 Å². The zero-order valence-electron chi connectivity index (χ0n) is 16.8. The van der Waals surface area contributed by atoms with Crippen molar-refractivity contribution in [3.63, 3.8) is 0 Å². The summed E-state index contributed by atoms with van der Waals surface area (Å²) >= 11 is 0. The predicted octanol–water partition coefficient (Wildman–Crippen LogP) is 1.58. The number of nitrogens with zero attached hydrogens (tertiary/aromatic N) is 5. The van der Waals surface area contributed by atoms with Crippen molar-refractivity contribution in [1.82, 2.24) is 19.4 Å². The molecule has 0 spiro atoms. The molecule has 0 radical (unpaired) electrons. The van der Waals surface area contributed by atoms with E-state index in [1.54, 1.807) is 25.2 Å². The molecule has 29 heavy (non-hydrogen) atoms. The molecule has 0 saturated carbocycles. The second-order valence-electron chi connectivity index (χ2n) is 6.90. The van der Waals surface area contributed by atoms with Gasteiger partial charge < -0.3 is 15.1 Å². The van der Waals surface area contributed by atoms with Crippen LogP contribution < -0.4 is 15.8 Å². The number of aromatic nitrogens is 3. The monoisotopic (exact) mass is 390 g/mol. The molecule has 0 atom stereocenters. The van der Waals surface area contributed by atoms with Gasteiger partial charge in [0.05, 0.1) is 11.9 Å². The van der Waals surface area contributed by atoms with Crippen LogP contribution in [0.25, 0.3) is 11.0 Å². The van der Waals surface area contributed by atoms with Crippen LogP contribution in [0.2, 0.25) is 0 Å². The van der Waals surface area contributed by atoms with E-state index in [9.17, 15) is 9.59 Å². The molecule has 2 aromatic heterocycles. The van der Waals surface area contributed by atoms with E-state index in [1.807, 2.05) is 43.3 Å². The van der Waals surface area contributed by atoms with Gasteiger partial charge in [-0.05, 0) is 32.3 Å². The SMILES string of the molecule is C#Cc1cc(=O)n(C)c2nc(Nc3cccc(N(C)C(=O)CN(C)C)c3)ncc12. The molecule has 1 aromatic carbocycles. The van der Waals surface area contributed by atoms with E-state index in [0.717, 1.165) is 5.69 Å². The number of fused-ring (bicyclic) bond motifs is 1. The number of aryl methyl sites for hydroxylation is 1. The van der Waals surface area contributed by atoms with E-state index in [0.29, 0.717) is 34.8 Å². The predicted molar refractivity (Wildman–Crippen MR) is 114 cm³/mol. The highest BCUT2D eigenvalue weighted by atomic mass is 16.2. The number of hydrogen-bond donors (Lipinski definition) is 1. The fourth-order valence-electron chi connectivity index (χ4n) is 2.84. The number of terminal acetylenes is 1. The lowest BCUT2D eigenvalue weighted by Gasteiger charge is -2.20. The molecule has 8 nitrogen and oxygen atoms in total. The maximum Gasteiger partial charge on any atom is 0.253 e. The van der Waals surface area contributed by atoms with Crippen LogP contribution in [0.3, 0.4) is 0 Å². The summed E-state index contributed by atoms with van der Waals surface area (Å²) in [6.45, 7) is 0.313. The molecule has 1 N–H and O–H groups in total. The fraction of sp³-hybridized carbons (Fsp3) is 0.238. The second kappa shape index (κ2) is 8.12. The number of likely N-dealkylation sites (N-methyl/N-ethyl adjacent to an activating group) is 2. The minimum atomic E-state index is -0.238. The van der Waals surface area contributed by atoms with Crippen molar-refractivity contribution in [2.24, 2.45) is 7.05 Å². The molecule has 0 aliphatic heterocycles. The Morgan fingerprint density at radius 3 is 2.72 bits per heavy atom. The van der Waals surface area contributed by atoms with Crippen LogP contribution >= 0.6 is 0 Å². The quantitative estimate of drug-likeness (QED) is 0.666. The third kappa shape index (κ3) is 4.25. The van der Waals surface area contributed by atoms with Crippen LogP contribution in [0.4, 0.5) is 17.3 Å². The zero-order valence-corrected chi connectivity index (χ0v) is 16.8. The Morgan fingerprint density at radius 1 is 1.28 bits per heavy atom. The van der Waals surface area contributed by atoms with Crippen LogP contribution in [0.1, 0.15) is 5.56 Å². The van der Waals surface area contributed by atoms with Crippen LogP contribution in [0.5, 0.6) is 0 Å². The Kier molecular flexibility index (Phi) is 5.61. The average molecular weight is 390 g/mol. The fourth-order valence-corrected chi connectivity index (χ4v) is 2.84. The number of hydrogen-bond acceptors (Lipinski definition) is 6. The Morgan fingerprint density at radius 2 is 2.03 bits per heavy atom. The normalized spacial score (nSPS) is 10.8. The lowest BCUT2D eigenvalue weighted by atomic mass is 10.2. The van der Waals surface area contributed by atoms with Crippen molar-refractivity contribution >= 4 is 34.3 Å². The number of amides is 1. The van der Waals surface area contributed by atoms with Crippen molar-refractivity contribution in [3.05, 3.63) is 52.4 Å². The Bertz CT molecular complexity index is 1180. The molecular formula is C21H22N6O2. The minimum absolute atomic E-state index is 0.0223. The summed E-state index contributed by atoms with van der Waals surface area (Å²) in [7, 11) is 7.06. The summed E-state index contributed by atoms with van der Waals surface area (Å²) in [5.41, 5.74) is 2.11. The number of anilines is 3. The summed E-state index contributed by atoms with van der Waals surface area (Å²) in [5, 5.41) is 3.75. The Hall–Kier alpha value is -3.70. The molecule has 2 heterocycles. The number of pyridine rings is 1. The van der Waals surface area contributed by atoms with E-state index in [1.165, 1.54) is 10.6 Å². The van der Waals surface area contributed by atoms with Gasteiger partial charge in [0.1, 0.15) is 5.65 Å². The lowest BCUT2D eigenvalue weighted by molar-refractivity contribution is -0.118. The van der Waals surface area contributed by atoms with Crippen molar-refractivity contribution in [2.45, 2.75) is 0 Å². The standard InChI is InChI=1S/C21H22N6O2/c1-6-14-10-18(28)27(5)20-17(14)12-22-21(24-20)23-15-8-7-9-16(11-15)26(4)19(29)13-25(2)3/h1,7-12H,13H2,2-5H3,(H,22,23,24).